The molecule has 2 amide bonds. The molecule has 2 unspecified atom stereocenters. The fourth-order valence-electron chi connectivity index (χ4n) is 4.20. The van der Waals surface area contributed by atoms with Gasteiger partial charge < -0.3 is 10.2 Å². The molecular formula is C30H35BrFN3O4S. The number of sulfonamides is 1. The van der Waals surface area contributed by atoms with Crippen molar-refractivity contribution in [1.82, 2.24) is 10.2 Å². The molecule has 2 atom stereocenters. The van der Waals surface area contributed by atoms with Crippen molar-refractivity contribution in [2.45, 2.75) is 52.2 Å². The Morgan fingerprint density at radius 1 is 1.02 bits per heavy atom. The molecule has 214 valence electrons. The van der Waals surface area contributed by atoms with Gasteiger partial charge in [-0.2, -0.15) is 0 Å². The second-order valence-corrected chi connectivity index (χ2v) is 12.6. The molecule has 0 aliphatic heterocycles. The van der Waals surface area contributed by atoms with Crippen molar-refractivity contribution in [3.05, 3.63) is 99.8 Å². The number of aryl methyl sites for hydroxylation is 1. The molecule has 0 saturated heterocycles. The first-order valence-electron chi connectivity index (χ1n) is 13.0. The number of rotatable bonds is 12. The number of hydrogen-bond acceptors (Lipinski definition) is 4. The van der Waals surface area contributed by atoms with Crippen molar-refractivity contribution in [3.63, 3.8) is 0 Å². The Kier molecular flexibility index (Phi) is 10.9. The van der Waals surface area contributed by atoms with Crippen molar-refractivity contribution in [1.29, 1.82) is 0 Å². The lowest BCUT2D eigenvalue weighted by Crippen LogP contribution is -2.54. The molecule has 0 saturated carbocycles. The van der Waals surface area contributed by atoms with Crippen LogP contribution in [0.15, 0.2) is 77.3 Å². The molecule has 3 rings (SSSR count). The lowest BCUT2D eigenvalue weighted by molar-refractivity contribution is -0.140. The highest BCUT2D eigenvalue weighted by Gasteiger charge is 2.34. The van der Waals surface area contributed by atoms with Crippen molar-refractivity contribution < 1.29 is 22.4 Å². The van der Waals surface area contributed by atoms with Gasteiger partial charge in [0.25, 0.3) is 0 Å². The maximum absolute atomic E-state index is 14.8. The Hall–Kier alpha value is -3.24. The largest absolute Gasteiger partial charge is 0.352 e. The Labute approximate surface area is 244 Å². The summed E-state index contributed by atoms with van der Waals surface area (Å²) in [4.78, 5) is 29.0. The van der Waals surface area contributed by atoms with Crippen LogP contribution in [0, 0.1) is 12.7 Å². The third-order valence-corrected chi connectivity index (χ3v) is 8.71. The summed E-state index contributed by atoms with van der Waals surface area (Å²) in [7, 11) is -3.89. The number of carbonyl (C=O) groups is 2. The number of halogens is 2. The summed E-state index contributed by atoms with van der Waals surface area (Å²) >= 11 is 3.42. The number of nitrogens with zero attached hydrogens (tertiary/aromatic N) is 2. The van der Waals surface area contributed by atoms with E-state index in [1.807, 2.05) is 51.1 Å². The minimum absolute atomic E-state index is 0.158. The van der Waals surface area contributed by atoms with Crippen molar-refractivity contribution in [2.75, 3.05) is 17.1 Å². The molecule has 0 spiro atoms. The standard InChI is InChI=1S/C30H35BrFN3O4S/c1-5-22(3)33-30(37)28(18-23-11-7-6-8-12-23)34(19-24-13-9-10-14-27(24)32)29(36)20-35(40(4,38)39)25-15-16-26(31)21(2)17-25/h6-17,22,28H,5,18-20H2,1-4H3,(H,33,37). The van der Waals surface area contributed by atoms with Gasteiger partial charge in [-0.1, -0.05) is 71.4 Å². The molecule has 0 aromatic heterocycles. The van der Waals surface area contributed by atoms with Gasteiger partial charge in [-0.25, -0.2) is 12.8 Å². The summed E-state index contributed by atoms with van der Waals surface area (Å²) in [5.41, 5.74) is 2.13. The van der Waals surface area contributed by atoms with Crippen LogP contribution in [0.4, 0.5) is 10.1 Å². The summed E-state index contributed by atoms with van der Waals surface area (Å²) in [6, 6.07) is 19.1. The highest BCUT2D eigenvalue weighted by molar-refractivity contribution is 9.10. The normalized spacial score (nSPS) is 12.8. The van der Waals surface area contributed by atoms with Crippen LogP contribution in [-0.4, -0.2) is 50.0 Å². The van der Waals surface area contributed by atoms with Gasteiger partial charge in [0, 0.05) is 29.0 Å². The molecule has 3 aromatic rings. The Balaban J connectivity index is 2.08. The number of anilines is 1. The average Bonchev–Trinajstić information content (AvgIpc) is 2.91. The second kappa shape index (κ2) is 13.9. The predicted molar refractivity (Wildman–Crippen MR) is 160 cm³/mol. The molecule has 1 N–H and O–H groups in total. The summed E-state index contributed by atoms with van der Waals surface area (Å²) in [6.07, 6.45) is 1.87. The monoisotopic (exact) mass is 631 g/mol. The third-order valence-electron chi connectivity index (χ3n) is 6.68. The van der Waals surface area contributed by atoms with E-state index in [1.165, 1.54) is 11.0 Å². The van der Waals surface area contributed by atoms with Crippen LogP contribution in [0.2, 0.25) is 0 Å². The highest BCUT2D eigenvalue weighted by Crippen LogP contribution is 2.25. The Bertz CT molecular complexity index is 1440. The van der Waals surface area contributed by atoms with Crippen LogP contribution in [0.3, 0.4) is 0 Å². The van der Waals surface area contributed by atoms with E-state index in [9.17, 15) is 22.4 Å². The maximum Gasteiger partial charge on any atom is 0.244 e. The van der Waals surface area contributed by atoms with Crippen molar-refractivity contribution >= 4 is 43.5 Å². The molecule has 0 aliphatic rings. The zero-order valence-corrected chi connectivity index (χ0v) is 25.5. The molecule has 40 heavy (non-hydrogen) atoms. The zero-order chi connectivity index (χ0) is 29.4. The van der Waals surface area contributed by atoms with Crippen molar-refractivity contribution in [3.8, 4) is 0 Å². The van der Waals surface area contributed by atoms with Crippen LogP contribution < -0.4 is 9.62 Å². The van der Waals surface area contributed by atoms with E-state index >= 15 is 0 Å². The molecule has 0 heterocycles. The van der Waals surface area contributed by atoms with Gasteiger partial charge in [-0.05, 0) is 55.7 Å². The molecule has 10 heteroatoms. The molecule has 0 fully saturated rings. The predicted octanol–water partition coefficient (Wildman–Crippen LogP) is 5.22. The number of carbonyl (C=O) groups excluding carboxylic acids is 2. The van der Waals surface area contributed by atoms with Gasteiger partial charge >= 0.3 is 0 Å². The first-order chi connectivity index (χ1) is 18.9. The van der Waals surface area contributed by atoms with Gasteiger partial charge in [0.1, 0.15) is 18.4 Å². The van der Waals surface area contributed by atoms with Crippen molar-refractivity contribution in [2.24, 2.45) is 0 Å². The first kappa shape index (κ1) is 31.3. The second-order valence-electron chi connectivity index (χ2n) is 9.84. The van der Waals surface area contributed by atoms with Gasteiger partial charge in [0.15, 0.2) is 0 Å². The SMILES string of the molecule is CCC(C)NC(=O)C(Cc1ccccc1)N(Cc1ccccc1F)C(=O)CN(c1ccc(Br)c(C)c1)S(C)(=O)=O. The van der Waals surface area contributed by atoms with Crippen LogP contribution in [-0.2, 0) is 32.6 Å². The number of nitrogens with one attached hydrogen (secondary N) is 1. The van der Waals surface area contributed by atoms with E-state index in [1.54, 1.807) is 36.4 Å². The van der Waals surface area contributed by atoms with Crippen LogP contribution >= 0.6 is 15.9 Å². The molecule has 3 aromatic carbocycles. The molecule has 0 aliphatic carbocycles. The van der Waals surface area contributed by atoms with Crippen LogP contribution in [0.5, 0.6) is 0 Å². The minimum atomic E-state index is -3.89. The van der Waals surface area contributed by atoms with E-state index in [-0.39, 0.29) is 24.6 Å². The summed E-state index contributed by atoms with van der Waals surface area (Å²) < 4.78 is 42.4. The van der Waals surface area contributed by atoms with E-state index in [4.69, 9.17) is 0 Å². The van der Waals surface area contributed by atoms with Gasteiger partial charge in [-0.3, -0.25) is 13.9 Å². The van der Waals surface area contributed by atoms with E-state index < -0.39 is 40.2 Å². The Morgan fingerprint density at radius 2 is 1.68 bits per heavy atom. The lowest BCUT2D eigenvalue weighted by atomic mass is 10.0. The smallest absolute Gasteiger partial charge is 0.244 e. The van der Waals surface area contributed by atoms with Gasteiger partial charge in [0.05, 0.1) is 11.9 Å². The van der Waals surface area contributed by atoms with Crippen LogP contribution in [0.1, 0.15) is 37.0 Å². The minimum Gasteiger partial charge on any atom is -0.352 e. The number of hydrogen-bond donors (Lipinski definition) is 1. The fourth-order valence-corrected chi connectivity index (χ4v) is 5.29. The fraction of sp³-hybridized carbons (Fsp3) is 0.333. The molecular weight excluding hydrogens is 597 g/mol. The molecule has 0 radical (unpaired) electrons. The Morgan fingerprint density at radius 3 is 2.27 bits per heavy atom. The van der Waals surface area contributed by atoms with Gasteiger partial charge in [0.2, 0.25) is 21.8 Å². The van der Waals surface area contributed by atoms with Crippen LogP contribution in [0.25, 0.3) is 0 Å². The third kappa shape index (κ3) is 8.38. The van der Waals surface area contributed by atoms with E-state index in [2.05, 4.69) is 21.2 Å². The molecule has 7 nitrogen and oxygen atoms in total. The first-order valence-corrected chi connectivity index (χ1v) is 15.7. The maximum atomic E-state index is 14.8. The molecule has 0 bridgehead atoms. The zero-order valence-electron chi connectivity index (χ0n) is 23.1. The summed E-state index contributed by atoms with van der Waals surface area (Å²) in [5.74, 6) is -1.55. The lowest BCUT2D eigenvalue weighted by Gasteiger charge is -2.34. The summed E-state index contributed by atoms with van der Waals surface area (Å²) in [6.45, 7) is 4.84. The summed E-state index contributed by atoms with van der Waals surface area (Å²) in [5, 5.41) is 2.95. The average molecular weight is 633 g/mol. The topological polar surface area (TPSA) is 86.8 Å². The van der Waals surface area contributed by atoms with E-state index in [0.29, 0.717) is 12.1 Å². The quantitative estimate of drug-likeness (QED) is 0.297. The number of amides is 2. The van der Waals surface area contributed by atoms with E-state index in [0.717, 1.165) is 26.2 Å². The van der Waals surface area contributed by atoms with Gasteiger partial charge in [-0.15, -0.1) is 0 Å². The highest BCUT2D eigenvalue weighted by atomic mass is 79.9. The number of benzene rings is 3.